The normalized spacial score (nSPS) is 12.0. The van der Waals surface area contributed by atoms with Crippen LogP contribution in [0.4, 0.5) is 5.13 Å². The number of nitrogens with one attached hydrogen (secondary N) is 3. The number of nitrogens with zero attached hydrogens (tertiary/aromatic N) is 4. The Labute approximate surface area is 157 Å². The van der Waals surface area contributed by atoms with E-state index in [2.05, 4.69) is 30.3 Å². The molecule has 0 aromatic carbocycles. The lowest BCUT2D eigenvalue weighted by Crippen LogP contribution is -2.41. The monoisotopic (exact) mass is 397 g/mol. The molecule has 0 radical (unpaired) electrons. The van der Waals surface area contributed by atoms with Crippen molar-refractivity contribution in [3.63, 3.8) is 0 Å². The summed E-state index contributed by atoms with van der Waals surface area (Å²) in [6, 6.07) is 3.08. The standard InChI is InChI=1S/C15H23N7O2S2/c1-16-14(19-9-12-11-25-15(21-12)22(2)3)18-7-8-20-26(23,24)13-5-4-6-17-10-13/h4-6,10-11,20H,7-9H2,1-3H3,(H2,16,18,19). The van der Waals surface area contributed by atoms with Gasteiger partial charge in [0.2, 0.25) is 10.0 Å². The Hall–Kier alpha value is -2.24. The van der Waals surface area contributed by atoms with Crippen molar-refractivity contribution < 1.29 is 8.42 Å². The number of pyridine rings is 1. The molecule has 0 aliphatic rings. The third-order valence-electron chi connectivity index (χ3n) is 3.24. The Morgan fingerprint density at radius 2 is 2.12 bits per heavy atom. The first-order valence-corrected chi connectivity index (χ1v) is 10.2. The van der Waals surface area contributed by atoms with Gasteiger partial charge < -0.3 is 15.5 Å². The molecule has 0 aliphatic heterocycles. The molecule has 11 heteroatoms. The Morgan fingerprint density at radius 1 is 1.31 bits per heavy atom. The molecule has 0 bridgehead atoms. The van der Waals surface area contributed by atoms with Crippen molar-refractivity contribution >= 4 is 32.5 Å². The lowest BCUT2D eigenvalue weighted by molar-refractivity contribution is 0.580. The van der Waals surface area contributed by atoms with Crippen molar-refractivity contribution in [3.05, 3.63) is 35.6 Å². The number of aromatic nitrogens is 2. The van der Waals surface area contributed by atoms with E-state index >= 15 is 0 Å². The summed E-state index contributed by atoms with van der Waals surface area (Å²) in [6.45, 7) is 1.14. The molecular formula is C15H23N7O2S2. The highest BCUT2D eigenvalue weighted by molar-refractivity contribution is 7.89. The van der Waals surface area contributed by atoms with Crippen LogP contribution in [0, 0.1) is 0 Å². The smallest absolute Gasteiger partial charge is 0.242 e. The largest absolute Gasteiger partial charge is 0.355 e. The number of hydrogen-bond acceptors (Lipinski definition) is 7. The van der Waals surface area contributed by atoms with Gasteiger partial charge in [-0.15, -0.1) is 11.3 Å². The number of rotatable bonds is 8. The summed E-state index contributed by atoms with van der Waals surface area (Å²) >= 11 is 1.57. The average molecular weight is 398 g/mol. The summed E-state index contributed by atoms with van der Waals surface area (Å²) in [5.74, 6) is 0.574. The first kappa shape index (κ1) is 20.1. The van der Waals surface area contributed by atoms with Crippen LogP contribution < -0.4 is 20.3 Å². The van der Waals surface area contributed by atoms with Gasteiger partial charge in [0.1, 0.15) is 4.90 Å². The summed E-state index contributed by atoms with van der Waals surface area (Å²) in [7, 11) is 2.00. The predicted octanol–water partition coefficient (Wildman–Crippen LogP) is 0.248. The first-order chi connectivity index (χ1) is 12.4. The van der Waals surface area contributed by atoms with Crippen LogP contribution in [0.25, 0.3) is 0 Å². The summed E-state index contributed by atoms with van der Waals surface area (Å²) in [6.07, 6.45) is 2.84. The molecule has 0 amide bonds. The van der Waals surface area contributed by atoms with E-state index in [1.807, 2.05) is 24.4 Å². The van der Waals surface area contributed by atoms with Crippen molar-refractivity contribution in [1.29, 1.82) is 0 Å². The fourth-order valence-electron chi connectivity index (χ4n) is 1.93. The average Bonchev–Trinajstić information content (AvgIpc) is 3.11. The molecule has 2 heterocycles. The van der Waals surface area contributed by atoms with Crippen LogP contribution >= 0.6 is 11.3 Å². The van der Waals surface area contributed by atoms with Crippen LogP contribution in [0.15, 0.2) is 39.8 Å². The van der Waals surface area contributed by atoms with Gasteiger partial charge in [-0.25, -0.2) is 18.1 Å². The fourth-order valence-corrected chi connectivity index (χ4v) is 3.69. The minimum Gasteiger partial charge on any atom is -0.355 e. The van der Waals surface area contributed by atoms with Crippen molar-refractivity contribution in [3.8, 4) is 0 Å². The molecule has 2 aromatic rings. The quantitative estimate of drug-likeness (QED) is 0.332. The molecule has 0 spiro atoms. The summed E-state index contributed by atoms with van der Waals surface area (Å²) in [4.78, 5) is 14.5. The van der Waals surface area contributed by atoms with E-state index in [4.69, 9.17) is 0 Å². The molecule has 2 aromatic heterocycles. The molecule has 0 fully saturated rings. The number of sulfonamides is 1. The zero-order chi connectivity index (χ0) is 19.0. The van der Waals surface area contributed by atoms with Crippen LogP contribution in [-0.4, -0.2) is 58.6 Å². The number of anilines is 1. The van der Waals surface area contributed by atoms with Gasteiger partial charge in [-0.3, -0.25) is 9.98 Å². The Kier molecular flexibility index (Phi) is 7.30. The Morgan fingerprint density at radius 3 is 2.73 bits per heavy atom. The Balaban J connectivity index is 1.75. The number of aliphatic imine (C=N–C) groups is 1. The van der Waals surface area contributed by atoms with Gasteiger partial charge in [-0.1, -0.05) is 0 Å². The van der Waals surface area contributed by atoms with E-state index in [1.165, 1.54) is 18.5 Å². The number of guanidine groups is 1. The SMILES string of the molecule is CN=C(NCCNS(=O)(=O)c1cccnc1)NCc1csc(N(C)C)n1. The number of thiazole rings is 1. The highest BCUT2D eigenvalue weighted by Gasteiger charge is 2.12. The van der Waals surface area contributed by atoms with Crippen molar-refractivity contribution in [1.82, 2.24) is 25.3 Å². The molecule has 142 valence electrons. The van der Waals surface area contributed by atoms with Crippen LogP contribution in [0.3, 0.4) is 0 Å². The molecule has 0 atom stereocenters. The van der Waals surface area contributed by atoms with E-state index in [1.54, 1.807) is 24.5 Å². The molecule has 9 nitrogen and oxygen atoms in total. The second kappa shape index (κ2) is 9.46. The van der Waals surface area contributed by atoms with Gasteiger partial charge in [0.25, 0.3) is 0 Å². The van der Waals surface area contributed by atoms with Crippen molar-refractivity contribution in [2.45, 2.75) is 11.4 Å². The summed E-state index contributed by atoms with van der Waals surface area (Å²) < 4.78 is 26.7. The maximum Gasteiger partial charge on any atom is 0.242 e. The minimum atomic E-state index is -3.55. The lowest BCUT2D eigenvalue weighted by atomic mass is 10.5. The van der Waals surface area contributed by atoms with Gasteiger partial charge in [0.15, 0.2) is 11.1 Å². The lowest BCUT2D eigenvalue weighted by Gasteiger charge is -2.12. The maximum atomic E-state index is 12.1. The van der Waals surface area contributed by atoms with Gasteiger partial charge in [0.05, 0.1) is 12.2 Å². The molecule has 26 heavy (non-hydrogen) atoms. The summed E-state index contributed by atoms with van der Waals surface area (Å²) in [5.41, 5.74) is 0.916. The van der Waals surface area contributed by atoms with Crippen molar-refractivity contribution in [2.24, 2.45) is 4.99 Å². The van der Waals surface area contributed by atoms with Crippen LogP contribution in [0.5, 0.6) is 0 Å². The van der Waals surface area contributed by atoms with Gasteiger partial charge in [0, 0.05) is 52.0 Å². The predicted molar refractivity (Wildman–Crippen MR) is 104 cm³/mol. The third kappa shape index (κ3) is 5.93. The summed E-state index contributed by atoms with van der Waals surface area (Å²) in [5, 5.41) is 9.12. The van der Waals surface area contributed by atoms with E-state index in [9.17, 15) is 8.42 Å². The van der Waals surface area contributed by atoms with Crippen molar-refractivity contribution in [2.75, 3.05) is 39.1 Å². The first-order valence-electron chi connectivity index (χ1n) is 7.88. The molecule has 0 saturated carbocycles. The molecule has 0 unspecified atom stereocenters. The van der Waals surface area contributed by atoms with Gasteiger partial charge in [-0.2, -0.15) is 0 Å². The topological polar surface area (TPSA) is 112 Å². The molecule has 0 saturated heterocycles. The van der Waals surface area contributed by atoms with E-state index in [-0.39, 0.29) is 11.4 Å². The van der Waals surface area contributed by atoms with Gasteiger partial charge in [-0.05, 0) is 12.1 Å². The minimum absolute atomic E-state index is 0.141. The molecule has 0 aliphatic carbocycles. The van der Waals surface area contributed by atoms with E-state index in [0.717, 1.165) is 10.8 Å². The highest BCUT2D eigenvalue weighted by atomic mass is 32.2. The van der Waals surface area contributed by atoms with Gasteiger partial charge >= 0.3 is 0 Å². The molecule has 2 rings (SSSR count). The number of hydrogen-bond donors (Lipinski definition) is 3. The zero-order valence-electron chi connectivity index (χ0n) is 14.9. The van der Waals surface area contributed by atoms with E-state index in [0.29, 0.717) is 19.0 Å². The van der Waals surface area contributed by atoms with Crippen LogP contribution in [0.2, 0.25) is 0 Å². The second-order valence-corrected chi connectivity index (χ2v) is 8.06. The fraction of sp³-hybridized carbons (Fsp3) is 0.400. The van der Waals surface area contributed by atoms with E-state index < -0.39 is 10.0 Å². The molecule has 3 N–H and O–H groups in total. The molecular weight excluding hydrogens is 374 g/mol. The van der Waals surface area contributed by atoms with Crippen LogP contribution in [0.1, 0.15) is 5.69 Å². The highest BCUT2D eigenvalue weighted by Crippen LogP contribution is 2.17. The maximum absolute atomic E-state index is 12.1. The Bertz CT molecular complexity index is 820. The van der Waals surface area contributed by atoms with Crippen LogP contribution in [-0.2, 0) is 16.6 Å². The zero-order valence-corrected chi connectivity index (χ0v) is 16.6. The second-order valence-electron chi connectivity index (χ2n) is 5.45. The third-order valence-corrected chi connectivity index (χ3v) is 5.74.